The molecule has 3 nitrogen and oxygen atoms in total. The molecule has 0 aliphatic heterocycles. The molecule has 21 heavy (non-hydrogen) atoms. The molecule has 112 valence electrons. The fourth-order valence-corrected chi connectivity index (χ4v) is 2.71. The minimum Gasteiger partial charge on any atom is -0.497 e. The smallest absolute Gasteiger partial charge is 0.144 e. The van der Waals surface area contributed by atoms with Crippen molar-refractivity contribution in [2.24, 2.45) is 5.92 Å². The van der Waals surface area contributed by atoms with Crippen LogP contribution in [0.5, 0.6) is 5.75 Å². The van der Waals surface area contributed by atoms with E-state index in [2.05, 4.69) is 39.7 Å². The molecule has 1 heterocycles. The number of halogens is 1. The Morgan fingerprint density at radius 2 is 1.95 bits per heavy atom. The van der Waals surface area contributed by atoms with Gasteiger partial charge in [0.25, 0.3) is 0 Å². The first kappa shape index (κ1) is 16.2. The van der Waals surface area contributed by atoms with E-state index in [4.69, 9.17) is 17.0 Å². The summed E-state index contributed by atoms with van der Waals surface area (Å²) in [6.45, 7) is 4.37. The number of hydrogen-bond acceptors (Lipinski definition) is 3. The number of methoxy groups -OCH3 is 1. The molecule has 2 aromatic rings. The van der Waals surface area contributed by atoms with Gasteiger partial charge in [-0.2, -0.15) is 0 Å². The predicted octanol–water partition coefficient (Wildman–Crippen LogP) is 4.70. The third-order valence-corrected chi connectivity index (χ3v) is 4.54. The number of ether oxygens (including phenoxy) is 1. The molecule has 0 unspecified atom stereocenters. The molecule has 1 N–H and O–H groups in total. The van der Waals surface area contributed by atoms with E-state index in [1.54, 1.807) is 7.11 Å². The topological polar surface area (TPSA) is 37.9 Å². The van der Waals surface area contributed by atoms with Gasteiger partial charge in [-0.05, 0) is 46.0 Å². The SMILES string of the molecule is COc1ccc(Cc2nc(=S)c(Br)c(CC(C)C)[nH]2)cc1. The van der Waals surface area contributed by atoms with Crippen LogP contribution in [0.4, 0.5) is 0 Å². The largest absolute Gasteiger partial charge is 0.497 e. The molecule has 0 amide bonds. The van der Waals surface area contributed by atoms with Gasteiger partial charge in [-0.25, -0.2) is 4.98 Å². The summed E-state index contributed by atoms with van der Waals surface area (Å²) in [5.41, 5.74) is 2.29. The summed E-state index contributed by atoms with van der Waals surface area (Å²) >= 11 is 8.87. The van der Waals surface area contributed by atoms with Gasteiger partial charge in [-0.3, -0.25) is 0 Å². The third-order valence-electron chi connectivity index (χ3n) is 3.13. The van der Waals surface area contributed by atoms with Crippen molar-refractivity contribution in [2.75, 3.05) is 7.11 Å². The molecule has 0 aliphatic rings. The Balaban J connectivity index is 2.26. The lowest BCUT2D eigenvalue weighted by molar-refractivity contribution is 0.414. The highest BCUT2D eigenvalue weighted by molar-refractivity contribution is 9.10. The number of hydrogen-bond donors (Lipinski definition) is 1. The molecule has 0 saturated carbocycles. The number of H-pyrrole nitrogens is 1. The lowest BCUT2D eigenvalue weighted by Gasteiger charge is -2.11. The summed E-state index contributed by atoms with van der Waals surface area (Å²) in [6, 6.07) is 8.00. The van der Waals surface area contributed by atoms with Crippen LogP contribution in [-0.4, -0.2) is 17.1 Å². The Hall–Kier alpha value is -1.20. The summed E-state index contributed by atoms with van der Waals surface area (Å²) in [7, 11) is 1.67. The predicted molar refractivity (Wildman–Crippen MR) is 91.5 cm³/mol. The maximum Gasteiger partial charge on any atom is 0.144 e. The quantitative estimate of drug-likeness (QED) is 0.779. The molecule has 2 rings (SSSR count). The molecule has 0 spiro atoms. The van der Waals surface area contributed by atoms with Crippen LogP contribution in [0.3, 0.4) is 0 Å². The summed E-state index contributed by atoms with van der Waals surface area (Å²) in [6.07, 6.45) is 1.67. The maximum absolute atomic E-state index is 5.34. The van der Waals surface area contributed by atoms with Crippen molar-refractivity contribution in [2.45, 2.75) is 26.7 Å². The van der Waals surface area contributed by atoms with E-state index in [0.29, 0.717) is 10.6 Å². The van der Waals surface area contributed by atoms with Crippen LogP contribution in [0, 0.1) is 10.6 Å². The molecule has 5 heteroatoms. The summed E-state index contributed by atoms with van der Waals surface area (Å²) in [5.74, 6) is 2.31. The second kappa shape index (κ2) is 7.18. The molecular weight excluding hydrogens is 348 g/mol. The van der Waals surface area contributed by atoms with Gasteiger partial charge in [-0.1, -0.05) is 38.2 Å². The third kappa shape index (κ3) is 4.38. The van der Waals surface area contributed by atoms with Crippen molar-refractivity contribution in [3.8, 4) is 5.75 Å². The van der Waals surface area contributed by atoms with Crippen LogP contribution in [0.15, 0.2) is 28.7 Å². The first-order valence-electron chi connectivity index (χ1n) is 6.90. The lowest BCUT2D eigenvalue weighted by Crippen LogP contribution is -2.05. The molecule has 1 aromatic carbocycles. The van der Waals surface area contributed by atoms with Crippen LogP contribution >= 0.6 is 28.1 Å². The molecule has 0 saturated heterocycles. The van der Waals surface area contributed by atoms with Gasteiger partial charge < -0.3 is 9.72 Å². The minimum absolute atomic E-state index is 0.559. The monoisotopic (exact) mass is 366 g/mol. The van der Waals surface area contributed by atoms with E-state index in [9.17, 15) is 0 Å². The number of nitrogens with one attached hydrogen (secondary N) is 1. The number of rotatable bonds is 5. The van der Waals surface area contributed by atoms with Crippen molar-refractivity contribution >= 4 is 28.1 Å². The molecule has 1 aromatic heterocycles. The van der Waals surface area contributed by atoms with Crippen LogP contribution in [0.25, 0.3) is 0 Å². The van der Waals surface area contributed by atoms with Gasteiger partial charge in [0.15, 0.2) is 0 Å². The van der Waals surface area contributed by atoms with E-state index in [0.717, 1.165) is 34.6 Å². The van der Waals surface area contributed by atoms with E-state index >= 15 is 0 Å². The molecule has 0 atom stereocenters. The van der Waals surface area contributed by atoms with E-state index in [1.807, 2.05) is 24.3 Å². The van der Waals surface area contributed by atoms with Gasteiger partial charge in [0, 0.05) is 12.1 Å². The van der Waals surface area contributed by atoms with Crippen LogP contribution in [0.2, 0.25) is 0 Å². The Morgan fingerprint density at radius 3 is 2.52 bits per heavy atom. The molecular formula is C16H19BrN2OS. The van der Waals surface area contributed by atoms with Crippen molar-refractivity contribution in [3.63, 3.8) is 0 Å². The van der Waals surface area contributed by atoms with Crippen LogP contribution in [-0.2, 0) is 12.8 Å². The van der Waals surface area contributed by atoms with Crippen molar-refractivity contribution < 1.29 is 4.74 Å². The lowest BCUT2D eigenvalue weighted by atomic mass is 10.1. The Morgan fingerprint density at radius 1 is 1.29 bits per heavy atom. The molecule has 0 radical (unpaired) electrons. The van der Waals surface area contributed by atoms with Gasteiger partial charge in [0.1, 0.15) is 16.2 Å². The highest BCUT2D eigenvalue weighted by Gasteiger charge is 2.09. The van der Waals surface area contributed by atoms with Gasteiger partial charge in [-0.15, -0.1) is 0 Å². The Kier molecular flexibility index (Phi) is 5.53. The van der Waals surface area contributed by atoms with E-state index in [1.165, 1.54) is 5.56 Å². The van der Waals surface area contributed by atoms with E-state index in [-0.39, 0.29) is 0 Å². The first-order valence-corrected chi connectivity index (χ1v) is 8.10. The van der Waals surface area contributed by atoms with Gasteiger partial charge in [0.05, 0.1) is 11.6 Å². The highest BCUT2D eigenvalue weighted by atomic mass is 79.9. The average Bonchev–Trinajstić information content (AvgIpc) is 2.44. The average molecular weight is 367 g/mol. The van der Waals surface area contributed by atoms with Crippen LogP contribution in [0.1, 0.15) is 30.9 Å². The molecule has 0 aliphatic carbocycles. The Labute approximate surface area is 138 Å². The molecule has 0 fully saturated rings. The fraction of sp³-hybridized carbons (Fsp3) is 0.375. The zero-order chi connectivity index (χ0) is 15.4. The Bertz CT molecular complexity index is 665. The summed E-state index contributed by atoms with van der Waals surface area (Å²) in [4.78, 5) is 7.87. The van der Waals surface area contributed by atoms with Gasteiger partial charge in [0.2, 0.25) is 0 Å². The van der Waals surface area contributed by atoms with Crippen molar-refractivity contribution in [1.29, 1.82) is 0 Å². The first-order chi connectivity index (χ1) is 9.99. The zero-order valence-electron chi connectivity index (χ0n) is 12.4. The van der Waals surface area contributed by atoms with Crippen molar-refractivity contribution in [1.82, 2.24) is 9.97 Å². The second-order valence-corrected chi connectivity index (χ2v) is 6.58. The highest BCUT2D eigenvalue weighted by Crippen LogP contribution is 2.20. The maximum atomic E-state index is 5.34. The minimum atomic E-state index is 0.559. The van der Waals surface area contributed by atoms with Crippen LogP contribution < -0.4 is 4.74 Å². The summed E-state index contributed by atoms with van der Waals surface area (Å²) < 4.78 is 6.70. The zero-order valence-corrected chi connectivity index (χ0v) is 14.8. The standard InChI is InChI=1S/C16H19BrN2OS/c1-10(2)8-13-15(17)16(21)19-14(18-13)9-11-4-6-12(20-3)7-5-11/h4-7,10H,8-9H2,1-3H3,(H,18,19,21). The summed E-state index contributed by atoms with van der Waals surface area (Å²) in [5, 5.41) is 0. The normalized spacial score (nSPS) is 10.9. The van der Waals surface area contributed by atoms with Crippen molar-refractivity contribution in [3.05, 3.63) is 50.5 Å². The number of aromatic amines is 1. The van der Waals surface area contributed by atoms with E-state index < -0.39 is 0 Å². The number of aromatic nitrogens is 2. The fourth-order valence-electron chi connectivity index (χ4n) is 2.13. The van der Waals surface area contributed by atoms with Gasteiger partial charge >= 0.3 is 0 Å². The number of nitrogens with zero attached hydrogens (tertiary/aromatic N) is 1. The number of benzene rings is 1. The second-order valence-electron chi connectivity index (χ2n) is 5.40. The molecule has 0 bridgehead atoms.